The molecule has 4 aromatic rings. The van der Waals surface area contributed by atoms with Crippen molar-refractivity contribution in [1.82, 2.24) is 34.8 Å². The number of anilines is 1. The number of rotatable bonds is 5. The number of aryl methyl sites for hydroxylation is 1. The molecule has 4 aromatic heterocycles. The van der Waals surface area contributed by atoms with Gasteiger partial charge in [0.1, 0.15) is 11.5 Å². The van der Waals surface area contributed by atoms with Crippen LogP contribution in [0.5, 0.6) is 0 Å². The number of aromatic nitrogens is 6. The van der Waals surface area contributed by atoms with E-state index in [1.807, 2.05) is 51.0 Å². The molecule has 1 aliphatic heterocycles. The molecule has 5 heterocycles. The molecule has 1 saturated heterocycles. The summed E-state index contributed by atoms with van der Waals surface area (Å²) in [5, 5.41) is 15.7. The first-order valence-corrected chi connectivity index (χ1v) is 10.6. The predicted octanol–water partition coefficient (Wildman–Crippen LogP) is 3.37. The molecule has 8 heteroatoms. The highest BCUT2D eigenvalue weighted by atomic mass is 15.3. The Hall–Kier alpha value is -3.52. The van der Waals surface area contributed by atoms with Gasteiger partial charge in [-0.1, -0.05) is 0 Å². The molecule has 0 amide bonds. The van der Waals surface area contributed by atoms with Crippen LogP contribution in [-0.2, 0) is 7.05 Å². The third-order valence-corrected chi connectivity index (χ3v) is 5.75. The molecule has 0 radical (unpaired) electrons. The first-order chi connectivity index (χ1) is 15.2. The lowest BCUT2D eigenvalue weighted by Crippen LogP contribution is -2.29. The van der Waals surface area contributed by atoms with Crippen molar-refractivity contribution >= 4 is 5.82 Å². The van der Waals surface area contributed by atoms with Gasteiger partial charge in [0.25, 0.3) is 0 Å². The Bertz CT molecular complexity index is 1190. The highest BCUT2D eigenvalue weighted by molar-refractivity contribution is 5.75. The third-order valence-electron chi connectivity index (χ3n) is 5.75. The van der Waals surface area contributed by atoms with E-state index in [4.69, 9.17) is 0 Å². The van der Waals surface area contributed by atoms with Crippen LogP contribution in [0.4, 0.5) is 5.82 Å². The van der Waals surface area contributed by atoms with Crippen molar-refractivity contribution in [3.8, 4) is 33.6 Å². The highest BCUT2D eigenvalue weighted by Crippen LogP contribution is 2.30. The van der Waals surface area contributed by atoms with Crippen LogP contribution >= 0.6 is 0 Å². The standard InChI is InChI=1S/C23H26N8/c1-24-23-11-16(10-22(28-23)21-5-8-30(2)29-21)17-9-18(13-26-12-17)19-14-27-31(15-19)20-3-6-25-7-4-20/h5,8-15,20,25H,3-4,6-7H2,1-2H3,(H,24,28). The smallest absolute Gasteiger partial charge is 0.127 e. The number of hydrogen-bond donors (Lipinski definition) is 2. The Morgan fingerprint density at radius 3 is 2.52 bits per heavy atom. The van der Waals surface area contributed by atoms with Crippen molar-refractivity contribution in [2.45, 2.75) is 18.9 Å². The number of nitrogens with one attached hydrogen (secondary N) is 2. The van der Waals surface area contributed by atoms with Crippen LogP contribution < -0.4 is 10.6 Å². The molecule has 8 nitrogen and oxygen atoms in total. The summed E-state index contributed by atoms with van der Waals surface area (Å²) in [7, 11) is 3.78. The van der Waals surface area contributed by atoms with Crippen molar-refractivity contribution in [1.29, 1.82) is 0 Å². The van der Waals surface area contributed by atoms with Gasteiger partial charge in [-0.05, 0) is 55.8 Å². The molecule has 0 unspecified atom stereocenters. The second kappa shape index (κ2) is 8.31. The van der Waals surface area contributed by atoms with Gasteiger partial charge in [0.2, 0.25) is 0 Å². The van der Waals surface area contributed by atoms with Gasteiger partial charge in [-0.15, -0.1) is 0 Å². The van der Waals surface area contributed by atoms with Crippen LogP contribution in [0.15, 0.2) is 55.2 Å². The second-order valence-corrected chi connectivity index (χ2v) is 7.90. The van der Waals surface area contributed by atoms with Gasteiger partial charge in [0.15, 0.2) is 0 Å². The number of nitrogens with zero attached hydrogens (tertiary/aromatic N) is 6. The minimum absolute atomic E-state index is 0.463. The summed E-state index contributed by atoms with van der Waals surface area (Å²) in [4.78, 5) is 9.18. The largest absolute Gasteiger partial charge is 0.373 e. The summed E-state index contributed by atoms with van der Waals surface area (Å²) < 4.78 is 3.89. The van der Waals surface area contributed by atoms with E-state index in [2.05, 4.69) is 53.8 Å². The van der Waals surface area contributed by atoms with Gasteiger partial charge in [-0.2, -0.15) is 10.2 Å². The Morgan fingerprint density at radius 2 is 1.77 bits per heavy atom. The molecule has 0 bridgehead atoms. The van der Waals surface area contributed by atoms with E-state index in [9.17, 15) is 0 Å². The zero-order valence-corrected chi connectivity index (χ0v) is 17.8. The van der Waals surface area contributed by atoms with Crippen molar-refractivity contribution in [2.24, 2.45) is 7.05 Å². The molecular weight excluding hydrogens is 388 g/mol. The summed E-state index contributed by atoms with van der Waals surface area (Å²) in [6.45, 7) is 2.09. The van der Waals surface area contributed by atoms with Crippen LogP contribution in [0.25, 0.3) is 33.6 Å². The highest BCUT2D eigenvalue weighted by Gasteiger charge is 2.16. The predicted molar refractivity (Wildman–Crippen MR) is 122 cm³/mol. The van der Waals surface area contributed by atoms with E-state index in [-0.39, 0.29) is 0 Å². The lowest BCUT2D eigenvalue weighted by molar-refractivity contribution is 0.343. The SMILES string of the molecule is CNc1cc(-c2cncc(-c3cnn(C4CCNCC4)c3)c2)cc(-c2ccn(C)n2)n1. The Balaban J connectivity index is 1.48. The quantitative estimate of drug-likeness (QED) is 0.521. The average Bonchev–Trinajstić information content (AvgIpc) is 3.49. The van der Waals surface area contributed by atoms with Crippen LogP contribution in [0.1, 0.15) is 18.9 Å². The summed E-state index contributed by atoms with van der Waals surface area (Å²) >= 11 is 0. The van der Waals surface area contributed by atoms with E-state index in [0.29, 0.717) is 6.04 Å². The maximum absolute atomic E-state index is 4.67. The van der Waals surface area contributed by atoms with Crippen molar-refractivity contribution in [3.05, 3.63) is 55.2 Å². The lowest BCUT2D eigenvalue weighted by Gasteiger charge is -2.22. The maximum atomic E-state index is 4.67. The maximum Gasteiger partial charge on any atom is 0.127 e. The molecule has 0 aromatic carbocycles. The first-order valence-electron chi connectivity index (χ1n) is 10.6. The molecule has 1 fully saturated rings. The van der Waals surface area contributed by atoms with Gasteiger partial charge >= 0.3 is 0 Å². The molecule has 2 N–H and O–H groups in total. The van der Waals surface area contributed by atoms with Gasteiger partial charge in [0, 0.05) is 55.6 Å². The zero-order valence-electron chi connectivity index (χ0n) is 17.8. The van der Waals surface area contributed by atoms with Crippen molar-refractivity contribution in [3.63, 3.8) is 0 Å². The molecule has 31 heavy (non-hydrogen) atoms. The third kappa shape index (κ3) is 4.06. The molecule has 0 atom stereocenters. The topological polar surface area (TPSA) is 85.5 Å². The van der Waals surface area contributed by atoms with E-state index in [1.54, 1.807) is 4.68 Å². The summed E-state index contributed by atoms with van der Waals surface area (Å²) in [6.07, 6.45) is 12.0. The lowest BCUT2D eigenvalue weighted by atomic mass is 10.0. The molecule has 5 rings (SSSR count). The molecule has 0 aliphatic carbocycles. The fraction of sp³-hybridized carbons (Fsp3) is 0.304. The molecule has 0 saturated carbocycles. The Kier molecular flexibility index (Phi) is 5.21. The Labute approximate surface area is 181 Å². The van der Waals surface area contributed by atoms with Crippen LogP contribution in [0.2, 0.25) is 0 Å². The number of hydrogen-bond acceptors (Lipinski definition) is 6. The summed E-state index contributed by atoms with van der Waals surface area (Å²) in [5.74, 6) is 0.794. The first kappa shape index (κ1) is 19.4. The van der Waals surface area contributed by atoms with E-state index < -0.39 is 0 Å². The Morgan fingerprint density at radius 1 is 0.968 bits per heavy atom. The van der Waals surface area contributed by atoms with E-state index >= 15 is 0 Å². The number of piperidine rings is 1. The van der Waals surface area contributed by atoms with Crippen LogP contribution in [0.3, 0.4) is 0 Å². The summed E-state index contributed by atoms with van der Waals surface area (Å²) in [5.41, 5.74) is 5.88. The van der Waals surface area contributed by atoms with E-state index in [1.165, 1.54) is 0 Å². The van der Waals surface area contributed by atoms with Gasteiger partial charge < -0.3 is 10.6 Å². The monoisotopic (exact) mass is 414 g/mol. The van der Waals surface area contributed by atoms with Crippen LogP contribution in [0, 0.1) is 0 Å². The fourth-order valence-corrected chi connectivity index (χ4v) is 4.02. The minimum Gasteiger partial charge on any atom is -0.373 e. The second-order valence-electron chi connectivity index (χ2n) is 7.90. The van der Waals surface area contributed by atoms with Crippen LogP contribution in [-0.4, -0.2) is 49.7 Å². The molecule has 0 spiro atoms. The normalized spacial score (nSPS) is 14.6. The summed E-state index contributed by atoms with van der Waals surface area (Å²) in [6, 6.07) is 8.68. The van der Waals surface area contributed by atoms with E-state index in [0.717, 1.165) is 65.4 Å². The zero-order chi connectivity index (χ0) is 21.2. The van der Waals surface area contributed by atoms with Crippen molar-refractivity contribution < 1.29 is 0 Å². The molecular formula is C23H26N8. The van der Waals surface area contributed by atoms with Gasteiger partial charge in [-0.3, -0.25) is 14.3 Å². The molecule has 1 aliphatic rings. The van der Waals surface area contributed by atoms with Crippen molar-refractivity contribution in [2.75, 3.05) is 25.5 Å². The number of pyridine rings is 2. The minimum atomic E-state index is 0.463. The van der Waals surface area contributed by atoms with Gasteiger partial charge in [-0.25, -0.2) is 4.98 Å². The molecule has 158 valence electrons. The average molecular weight is 415 g/mol. The fourth-order valence-electron chi connectivity index (χ4n) is 4.02. The van der Waals surface area contributed by atoms with Gasteiger partial charge in [0.05, 0.1) is 17.9 Å².